The number of nitrogens with zero attached hydrogens (tertiary/aromatic N) is 1. The van der Waals surface area contributed by atoms with Crippen molar-refractivity contribution < 1.29 is 18.3 Å². The Bertz CT molecular complexity index is 834. The molecule has 1 aromatic carbocycles. The number of rotatable bonds is 10. The van der Waals surface area contributed by atoms with Gasteiger partial charge in [0.2, 0.25) is 10.0 Å². The number of pyridine rings is 1. The molecule has 0 amide bonds. The van der Waals surface area contributed by atoms with Gasteiger partial charge < -0.3 is 5.11 Å². The second kappa shape index (κ2) is 8.80. The summed E-state index contributed by atoms with van der Waals surface area (Å²) in [6, 6.07) is 8.14. The number of carboxylic acids is 1. The molecule has 0 aliphatic carbocycles. The van der Waals surface area contributed by atoms with Crippen LogP contribution in [0.5, 0.6) is 0 Å². The van der Waals surface area contributed by atoms with Crippen molar-refractivity contribution in [3.05, 3.63) is 36.0 Å². The standard InChI is InChI=1S/C18H24N2O4S/c1-2-3-4-5-6-9-12-25(23,24)20-16-13-17(18(21)22)19-15-11-8-7-10-14(15)16/h7-8,10-11,13H,2-6,9,12H2,1H3,(H,19,20)(H,21,22). The molecule has 1 aromatic heterocycles. The summed E-state index contributed by atoms with van der Waals surface area (Å²) in [5, 5.41) is 9.75. The van der Waals surface area contributed by atoms with E-state index in [2.05, 4.69) is 16.6 Å². The smallest absolute Gasteiger partial charge is 0.354 e. The number of sulfonamides is 1. The highest BCUT2D eigenvalue weighted by Crippen LogP contribution is 2.24. The molecule has 0 atom stereocenters. The molecule has 6 nitrogen and oxygen atoms in total. The van der Waals surface area contributed by atoms with Crippen molar-refractivity contribution in [3.63, 3.8) is 0 Å². The first-order valence-electron chi connectivity index (χ1n) is 8.56. The van der Waals surface area contributed by atoms with Crippen LogP contribution in [0.3, 0.4) is 0 Å². The molecular formula is C18H24N2O4S. The molecule has 0 saturated carbocycles. The zero-order valence-electron chi connectivity index (χ0n) is 14.4. The van der Waals surface area contributed by atoms with Crippen LogP contribution in [0.2, 0.25) is 0 Å². The van der Waals surface area contributed by atoms with Gasteiger partial charge in [0.15, 0.2) is 5.69 Å². The van der Waals surface area contributed by atoms with Gasteiger partial charge in [0, 0.05) is 5.39 Å². The highest BCUT2D eigenvalue weighted by molar-refractivity contribution is 7.92. The molecule has 1 heterocycles. The fourth-order valence-electron chi connectivity index (χ4n) is 2.66. The molecule has 0 fully saturated rings. The Morgan fingerprint density at radius 2 is 1.80 bits per heavy atom. The van der Waals surface area contributed by atoms with Crippen LogP contribution in [0.4, 0.5) is 5.69 Å². The second-order valence-electron chi connectivity index (χ2n) is 6.07. The summed E-state index contributed by atoms with van der Waals surface area (Å²) in [5.41, 5.74) is 0.518. The van der Waals surface area contributed by atoms with Crippen molar-refractivity contribution >= 4 is 32.6 Å². The SMILES string of the molecule is CCCCCCCCS(=O)(=O)Nc1cc(C(=O)O)nc2ccccc12. The summed E-state index contributed by atoms with van der Waals surface area (Å²) in [4.78, 5) is 15.3. The maximum Gasteiger partial charge on any atom is 0.354 e. The van der Waals surface area contributed by atoms with Gasteiger partial charge in [-0.2, -0.15) is 0 Å². The number of hydrogen-bond acceptors (Lipinski definition) is 4. The third-order valence-corrected chi connectivity index (χ3v) is 5.32. The molecule has 2 rings (SSSR count). The Morgan fingerprint density at radius 1 is 1.12 bits per heavy atom. The van der Waals surface area contributed by atoms with E-state index in [1.165, 1.54) is 12.5 Å². The van der Waals surface area contributed by atoms with Crippen LogP contribution in [0.1, 0.15) is 55.9 Å². The van der Waals surface area contributed by atoms with Crippen LogP contribution in [-0.4, -0.2) is 30.2 Å². The molecule has 0 bridgehead atoms. The number of unbranched alkanes of at least 4 members (excludes halogenated alkanes) is 5. The minimum absolute atomic E-state index is 0.0260. The van der Waals surface area contributed by atoms with Gasteiger partial charge in [-0.25, -0.2) is 18.2 Å². The molecule has 2 aromatic rings. The van der Waals surface area contributed by atoms with Crippen LogP contribution in [0, 0.1) is 0 Å². The average molecular weight is 364 g/mol. The van der Waals surface area contributed by atoms with Gasteiger partial charge in [-0.15, -0.1) is 0 Å². The number of para-hydroxylation sites is 1. The lowest BCUT2D eigenvalue weighted by atomic mass is 10.1. The first-order valence-corrected chi connectivity index (χ1v) is 10.2. The van der Waals surface area contributed by atoms with E-state index in [1.54, 1.807) is 24.3 Å². The van der Waals surface area contributed by atoms with Crippen molar-refractivity contribution in [1.29, 1.82) is 0 Å². The van der Waals surface area contributed by atoms with Crippen molar-refractivity contribution in [2.75, 3.05) is 10.5 Å². The van der Waals surface area contributed by atoms with E-state index in [4.69, 9.17) is 0 Å². The highest BCUT2D eigenvalue weighted by atomic mass is 32.2. The summed E-state index contributed by atoms with van der Waals surface area (Å²) in [5.74, 6) is -1.17. The Kier molecular flexibility index (Phi) is 6.75. The Morgan fingerprint density at radius 3 is 2.52 bits per heavy atom. The van der Waals surface area contributed by atoms with Gasteiger partial charge in [-0.1, -0.05) is 57.2 Å². The first-order chi connectivity index (χ1) is 11.9. The van der Waals surface area contributed by atoms with E-state index in [0.717, 1.165) is 25.7 Å². The summed E-state index contributed by atoms with van der Waals surface area (Å²) >= 11 is 0. The fourth-order valence-corrected chi connectivity index (χ4v) is 3.85. The molecule has 0 aliphatic rings. The Balaban J connectivity index is 2.11. The van der Waals surface area contributed by atoms with E-state index < -0.39 is 16.0 Å². The molecule has 0 spiro atoms. The Hall–Kier alpha value is -2.15. The zero-order valence-corrected chi connectivity index (χ0v) is 15.2. The van der Waals surface area contributed by atoms with Crippen molar-refractivity contribution in [2.45, 2.75) is 45.4 Å². The molecule has 136 valence electrons. The normalized spacial score (nSPS) is 11.6. The number of carbonyl (C=O) groups is 1. The number of carboxylic acid groups (broad SMARTS) is 1. The molecular weight excluding hydrogens is 340 g/mol. The molecule has 2 N–H and O–H groups in total. The number of benzene rings is 1. The van der Waals surface area contributed by atoms with Gasteiger partial charge in [0.05, 0.1) is 17.0 Å². The quantitative estimate of drug-likeness (QED) is 0.620. The molecule has 0 aliphatic heterocycles. The van der Waals surface area contributed by atoms with Gasteiger partial charge in [0.1, 0.15) is 0 Å². The lowest BCUT2D eigenvalue weighted by Gasteiger charge is -2.11. The minimum Gasteiger partial charge on any atom is -0.477 e. The van der Waals surface area contributed by atoms with E-state index in [9.17, 15) is 18.3 Å². The van der Waals surface area contributed by atoms with E-state index >= 15 is 0 Å². The van der Waals surface area contributed by atoms with Crippen molar-refractivity contribution in [3.8, 4) is 0 Å². The van der Waals surface area contributed by atoms with Crippen molar-refractivity contribution in [2.24, 2.45) is 0 Å². The fraction of sp³-hybridized carbons (Fsp3) is 0.444. The topological polar surface area (TPSA) is 96.4 Å². The number of fused-ring (bicyclic) bond motifs is 1. The van der Waals surface area contributed by atoms with Gasteiger partial charge in [-0.3, -0.25) is 4.72 Å². The largest absolute Gasteiger partial charge is 0.477 e. The number of aromatic nitrogens is 1. The van der Waals surface area contributed by atoms with Crippen LogP contribution < -0.4 is 4.72 Å². The van der Waals surface area contributed by atoms with Gasteiger partial charge >= 0.3 is 5.97 Å². The van der Waals surface area contributed by atoms with Crippen molar-refractivity contribution in [1.82, 2.24) is 4.98 Å². The Labute approximate surface area is 148 Å². The monoisotopic (exact) mass is 364 g/mol. The van der Waals surface area contributed by atoms with Gasteiger partial charge in [0.25, 0.3) is 0 Å². The second-order valence-corrected chi connectivity index (χ2v) is 7.91. The number of anilines is 1. The molecule has 0 unspecified atom stereocenters. The third-order valence-electron chi connectivity index (χ3n) is 3.97. The summed E-state index contributed by atoms with van der Waals surface area (Å²) in [6.07, 6.45) is 5.95. The first kappa shape index (κ1) is 19.2. The lowest BCUT2D eigenvalue weighted by molar-refractivity contribution is 0.0691. The molecule has 0 saturated heterocycles. The molecule has 25 heavy (non-hydrogen) atoms. The number of nitrogens with one attached hydrogen (secondary N) is 1. The van der Waals surface area contributed by atoms with Gasteiger partial charge in [-0.05, 0) is 18.6 Å². The summed E-state index contributed by atoms with van der Waals surface area (Å²) < 4.78 is 27.2. The number of aromatic carboxylic acids is 1. The lowest BCUT2D eigenvalue weighted by Crippen LogP contribution is -2.17. The molecule has 7 heteroatoms. The number of hydrogen-bond donors (Lipinski definition) is 2. The predicted octanol–water partition coefficient (Wildman–Crippen LogP) is 4.04. The van der Waals surface area contributed by atoms with Crippen LogP contribution in [0.25, 0.3) is 10.9 Å². The minimum atomic E-state index is -3.53. The average Bonchev–Trinajstić information content (AvgIpc) is 2.57. The summed E-state index contributed by atoms with van der Waals surface area (Å²) in [6.45, 7) is 2.14. The van der Waals surface area contributed by atoms with E-state index in [-0.39, 0.29) is 17.1 Å². The van der Waals surface area contributed by atoms with E-state index in [0.29, 0.717) is 17.3 Å². The predicted molar refractivity (Wildman–Crippen MR) is 99.5 cm³/mol. The van der Waals surface area contributed by atoms with Crippen LogP contribution in [-0.2, 0) is 10.0 Å². The summed E-state index contributed by atoms with van der Waals surface area (Å²) in [7, 11) is -3.53. The maximum absolute atomic E-state index is 12.3. The zero-order chi connectivity index (χ0) is 18.3. The molecule has 0 radical (unpaired) electrons. The van der Waals surface area contributed by atoms with Crippen LogP contribution in [0.15, 0.2) is 30.3 Å². The highest BCUT2D eigenvalue weighted by Gasteiger charge is 2.16. The maximum atomic E-state index is 12.3. The van der Waals surface area contributed by atoms with Crippen LogP contribution >= 0.6 is 0 Å². The van der Waals surface area contributed by atoms with E-state index in [1.807, 2.05) is 0 Å². The third kappa shape index (κ3) is 5.70.